The molecule has 2 aromatic rings. The molecule has 2 aromatic carbocycles. The van der Waals surface area contributed by atoms with Crippen LogP contribution >= 0.6 is 0 Å². The number of esters is 2. The number of allylic oxidation sites excluding steroid dienone is 1. The number of nitrogens with zero attached hydrogens (tertiary/aromatic N) is 3. The molecule has 2 N–H and O–H groups in total. The van der Waals surface area contributed by atoms with Crippen molar-refractivity contribution in [2.75, 3.05) is 50.3 Å². The predicted molar refractivity (Wildman–Crippen MR) is 129 cm³/mol. The van der Waals surface area contributed by atoms with Gasteiger partial charge in [0.1, 0.15) is 17.3 Å². The number of morpholine rings is 1. The molecule has 2 aliphatic heterocycles. The number of methoxy groups -OCH3 is 2. The van der Waals surface area contributed by atoms with Gasteiger partial charge in [0.2, 0.25) is 0 Å². The molecule has 0 spiro atoms. The number of nitrogens with two attached hydrogens (primary N) is 1. The molecule has 4 rings (SSSR count). The van der Waals surface area contributed by atoms with Crippen LogP contribution in [0.15, 0.2) is 71.2 Å². The summed E-state index contributed by atoms with van der Waals surface area (Å²) in [5.74, 6) is -3.42. The first-order valence-electron chi connectivity index (χ1n) is 11.2. The maximum atomic E-state index is 15.3. The molecule has 1 saturated heterocycles. The Morgan fingerprint density at radius 1 is 1.08 bits per heavy atom. The first kappa shape index (κ1) is 24.8. The Hall–Kier alpha value is -4.36. The molecule has 36 heavy (non-hydrogen) atoms. The number of ether oxygens (including phenoxy) is 3. The highest BCUT2D eigenvalue weighted by Crippen LogP contribution is 2.43. The van der Waals surface area contributed by atoms with Crippen molar-refractivity contribution in [2.24, 2.45) is 5.73 Å². The van der Waals surface area contributed by atoms with E-state index in [9.17, 15) is 14.9 Å². The van der Waals surface area contributed by atoms with Crippen molar-refractivity contribution in [3.05, 3.63) is 82.6 Å². The summed E-state index contributed by atoms with van der Waals surface area (Å²) in [4.78, 5) is 29.2. The fourth-order valence-electron chi connectivity index (χ4n) is 4.48. The van der Waals surface area contributed by atoms with E-state index in [1.54, 1.807) is 42.5 Å². The molecule has 1 unspecified atom stereocenters. The van der Waals surface area contributed by atoms with Crippen molar-refractivity contribution in [3.63, 3.8) is 0 Å². The standard InChI is InChI=1S/C26H25FN4O5/c1-34-25(32)22-21(16-6-4-3-5-7-16)18(15-28)24(29)31(23(22)26(33)35-2)17-8-9-20(19(27)14-17)30-10-12-36-13-11-30/h3-9,14,21H,10-13,29H2,1-2H3. The van der Waals surface area contributed by atoms with Crippen LogP contribution in [-0.2, 0) is 23.8 Å². The van der Waals surface area contributed by atoms with E-state index >= 15 is 4.39 Å². The van der Waals surface area contributed by atoms with Crippen LogP contribution < -0.4 is 15.5 Å². The van der Waals surface area contributed by atoms with Crippen LogP contribution in [0.4, 0.5) is 15.8 Å². The molecule has 9 nitrogen and oxygen atoms in total. The van der Waals surface area contributed by atoms with Gasteiger partial charge < -0.3 is 24.8 Å². The molecule has 0 amide bonds. The highest BCUT2D eigenvalue weighted by Gasteiger charge is 2.43. The minimum atomic E-state index is -0.994. The number of halogens is 1. The minimum Gasteiger partial charge on any atom is -0.466 e. The maximum absolute atomic E-state index is 15.3. The number of hydrogen-bond acceptors (Lipinski definition) is 9. The Balaban J connectivity index is 1.94. The van der Waals surface area contributed by atoms with E-state index in [2.05, 4.69) is 6.07 Å². The zero-order valence-corrected chi connectivity index (χ0v) is 19.9. The first-order valence-corrected chi connectivity index (χ1v) is 11.2. The van der Waals surface area contributed by atoms with Crippen LogP contribution in [0.5, 0.6) is 0 Å². The van der Waals surface area contributed by atoms with Gasteiger partial charge in [0.15, 0.2) is 0 Å². The normalized spacial score (nSPS) is 18.1. The monoisotopic (exact) mass is 492 g/mol. The average Bonchev–Trinajstić information content (AvgIpc) is 2.92. The zero-order chi connectivity index (χ0) is 25.8. The van der Waals surface area contributed by atoms with Crippen LogP contribution in [0, 0.1) is 17.1 Å². The summed E-state index contributed by atoms with van der Waals surface area (Å²) in [5, 5.41) is 10.1. The summed E-state index contributed by atoms with van der Waals surface area (Å²) in [7, 11) is 2.32. The SMILES string of the molecule is COC(=O)C1=C(C(=O)OC)N(c2ccc(N3CCOCC3)c(F)c2)C(N)=C(C#N)C1c1ccccc1. The third-order valence-electron chi connectivity index (χ3n) is 6.15. The number of benzene rings is 2. The van der Waals surface area contributed by atoms with Crippen molar-refractivity contribution in [1.82, 2.24) is 0 Å². The van der Waals surface area contributed by atoms with Gasteiger partial charge in [-0.05, 0) is 17.7 Å². The van der Waals surface area contributed by atoms with E-state index in [-0.39, 0.29) is 28.4 Å². The quantitative estimate of drug-likeness (QED) is 0.628. The van der Waals surface area contributed by atoms with Gasteiger partial charge in [-0.2, -0.15) is 5.26 Å². The molecule has 0 saturated carbocycles. The van der Waals surface area contributed by atoms with Crippen molar-refractivity contribution < 1.29 is 28.2 Å². The molecule has 0 aliphatic carbocycles. The Morgan fingerprint density at radius 2 is 1.75 bits per heavy atom. The largest absolute Gasteiger partial charge is 0.466 e. The molecule has 10 heteroatoms. The van der Waals surface area contributed by atoms with E-state index in [1.807, 2.05) is 4.90 Å². The Morgan fingerprint density at radius 3 is 2.33 bits per heavy atom. The number of nitriles is 1. The van der Waals surface area contributed by atoms with Gasteiger partial charge in [-0.15, -0.1) is 0 Å². The third-order valence-corrected chi connectivity index (χ3v) is 6.15. The van der Waals surface area contributed by atoms with Crippen molar-refractivity contribution in [2.45, 2.75) is 5.92 Å². The van der Waals surface area contributed by atoms with Crippen LogP contribution in [-0.4, -0.2) is 52.5 Å². The molecular weight excluding hydrogens is 467 g/mol. The molecule has 0 aromatic heterocycles. The Labute approximate surface area is 207 Å². The smallest absolute Gasteiger partial charge is 0.355 e. The first-order chi connectivity index (χ1) is 17.4. The predicted octanol–water partition coefficient (Wildman–Crippen LogP) is 2.56. The second kappa shape index (κ2) is 10.5. The molecule has 186 valence electrons. The lowest BCUT2D eigenvalue weighted by Gasteiger charge is -2.36. The van der Waals surface area contributed by atoms with E-state index in [1.165, 1.54) is 18.1 Å². The van der Waals surface area contributed by atoms with Gasteiger partial charge in [-0.25, -0.2) is 14.0 Å². The summed E-state index contributed by atoms with van der Waals surface area (Å²) >= 11 is 0. The van der Waals surface area contributed by atoms with E-state index < -0.39 is 23.7 Å². The Bertz CT molecular complexity index is 1280. The number of carbonyl (C=O) groups excluding carboxylic acids is 2. The summed E-state index contributed by atoms with van der Waals surface area (Å²) in [6, 6.07) is 15.1. The highest BCUT2D eigenvalue weighted by molar-refractivity contribution is 6.06. The second-order valence-corrected chi connectivity index (χ2v) is 8.07. The van der Waals surface area contributed by atoms with Crippen LogP contribution in [0.2, 0.25) is 0 Å². The van der Waals surface area contributed by atoms with Gasteiger partial charge >= 0.3 is 11.9 Å². The summed E-state index contributed by atoms with van der Waals surface area (Å²) in [6.07, 6.45) is 0. The Kier molecular flexibility index (Phi) is 7.22. The topological polar surface area (TPSA) is 118 Å². The molecule has 2 aliphatic rings. The van der Waals surface area contributed by atoms with E-state index in [0.29, 0.717) is 37.6 Å². The van der Waals surface area contributed by atoms with Crippen molar-refractivity contribution in [3.8, 4) is 6.07 Å². The van der Waals surface area contributed by atoms with Gasteiger partial charge in [-0.1, -0.05) is 30.3 Å². The molecule has 0 bridgehead atoms. The summed E-state index contributed by atoms with van der Waals surface area (Å²) < 4.78 is 30.6. The van der Waals surface area contributed by atoms with Crippen LogP contribution in [0.3, 0.4) is 0 Å². The fraction of sp³-hybridized carbons (Fsp3) is 0.269. The van der Waals surface area contributed by atoms with Crippen LogP contribution in [0.1, 0.15) is 11.5 Å². The fourth-order valence-corrected chi connectivity index (χ4v) is 4.48. The van der Waals surface area contributed by atoms with Crippen LogP contribution in [0.25, 0.3) is 0 Å². The lowest BCUT2D eigenvalue weighted by molar-refractivity contribution is -0.139. The van der Waals surface area contributed by atoms with Crippen molar-refractivity contribution in [1.29, 1.82) is 5.26 Å². The molecule has 1 fully saturated rings. The molecule has 2 heterocycles. The average molecular weight is 493 g/mol. The van der Waals surface area contributed by atoms with Crippen molar-refractivity contribution >= 4 is 23.3 Å². The van der Waals surface area contributed by atoms with Gasteiger partial charge in [-0.3, -0.25) is 4.90 Å². The summed E-state index contributed by atoms with van der Waals surface area (Å²) in [5.41, 5.74) is 7.11. The molecule has 0 radical (unpaired) electrons. The van der Waals surface area contributed by atoms with Gasteiger partial charge in [0.25, 0.3) is 0 Å². The number of hydrogen-bond donors (Lipinski definition) is 1. The number of anilines is 2. The lowest BCUT2D eigenvalue weighted by Crippen LogP contribution is -2.41. The summed E-state index contributed by atoms with van der Waals surface area (Å²) in [6.45, 7) is 2.01. The molecule has 1 atom stereocenters. The maximum Gasteiger partial charge on any atom is 0.355 e. The second-order valence-electron chi connectivity index (χ2n) is 8.07. The molecular formula is C26H25FN4O5. The minimum absolute atomic E-state index is 0.00640. The van der Waals surface area contributed by atoms with Gasteiger partial charge in [0.05, 0.1) is 61.9 Å². The van der Waals surface area contributed by atoms with Gasteiger partial charge in [0, 0.05) is 19.2 Å². The number of rotatable bonds is 5. The number of carbonyl (C=O) groups is 2. The highest BCUT2D eigenvalue weighted by atomic mass is 19.1. The zero-order valence-electron chi connectivity index (χ0n) is 19.9. The lowest BCUT2D eigenvalue weighted by atomic mass is 9.81. The third kappa shape index (κ3) is 4.36. The van der Waals surface area contributed by atoms with E-state index in [0.717, 1.165) is 7.11 Å². The van der Waals surface area contributed by atoms with E-state index in [4.69, 9.17) is 19.9 Å².